The lowest BCUT2D eigenvalue weighted by atomic mass is 10.2. The van der Waals surface area contributed by atoms with Crippen molar-refractivity contribution in [1.29, 1.82) is 0 Å². The van der Waals surface area contributed by atoms with Gasteiger partial charge in [0.15, 0.2) is 12.4 Å². The van der Waals surface area contributed by atoms with Crippen molar-refractivity contribution in [1.82, 2.24) is 0 Å². The number of anilines is 1. The van der Waals surface area contributed by atoms with Crippen molar-refractivity contribution in [3.63, 3.8) is 0 Å². The molecule has 1 aromatic rings. The minimum absolute atomic E-state index is 0.111. The van der Waals surface area contributed by atoms with Crippen LogP contribution in [0.4, 0.5) is 11.4 Å². The highest BCUT2D eigenvalue weighted by Crippen LogP contribution is 2.34. The van der Waals surface area contributed by atoms with Crippen molar-refractivity contribution in [2.75, 3.05) is 18.1 Å². The van der Waals surface area contributed by atoms with Crippen LogP contribution < -0.4 is 9.96 Å². The van der Waals surface area contributed by atoms with Gasteiger partial charge in [-0.2, -0.15) is 0 Å². The maximum absolute atomic E-state index is 11.6. The number of nitrogens with one attached hydrogen (secondary N) is 1. The molecule has 0 fully saturated rings. The zero-order valence-corrected chi connectivity index (χ0v) is 9.19. The second-order valence-electron chi connectivity index (χ2n) is 3.22. The summed E-state index contributed by atoms with van der Waals surface area (Å²) < 4.78 is 0. The molecule has 3 nitrogen and oxygen atoms in total. The number of nitrogens with zero attached hydrogens (tertiary/aromatic N) is 1. The lowest BCUT2D eigenvalue weighted by Crippen LogP contribution is -3.01. The monoisotopic (exact) mass is 232 g/mol. The Morgan fingerprint density at radius 3 is 2.71 bits per heavy atom. The molecule has 0 aliphatic carbocycles. The van der Waals surface area contributed by atoms with Gasteiger partial charge in [-0.1, -0.05) is 23.2 Å². The Balaban J connectivity index is 2.52. The molecule has 0 aromatic heterocycles. The number of halogens is 2. The van der Waals surface area contributed by atoms with E-state index in [-0.39, 0.29) is 5.06 Å². The van der Waals surface area contributed by atoms with Crippen LogP contribution in [-0.4, -0.2) is 13.2 Å². The fourth-order valence-corrected chi connectivity index (χ4v) is 1.97. The topological polar surface area (TPSA) is 30.7 Å². The third kappa shape index (κ3) is 1.46. The molecule has 2 rings (SSSR count). The van der Waals surface area contributed by atoms with Crippen molar-refractivity contribution in [3.8, 4) is 0 Å². The molecule has 0 bridgehead atoms. The van der Waals surface area contributed by atoms with Crippen LogP contribution >= 0.6 is 23.2 Å². The van der Waals surface area contributed by atoms with E-state index >= 15 is 0 Å². The van der Waals surface area contributed by atoms with Gasteiger partial charge in [-0.25, -0.2) is 0 Å². The summed E-state index contributed by atoms with van der Waals surface area (Å²) in [6.45, 7) is 3.24. The number of fused-ring (bicyclic) bond motifs is 1. The Labute approximate surface area is 92.4 Å². The van der Waals surface area contributed by atoms with Crippen LogP contribution in [0.25, 0.3) is 0 Å². The van der Waals surface area contributed by atoms with Gasteiger partial charge in [0.2, 0.25) is 0 Å². The first-order valence-electron chi connectivity index (χ1n) is 4.40. The standard InChI is InChI=1S/C9H10Cl2N2O/c1-2-12-5-13(14)9-4-7(11)6(10)3-8(9)12/h3-4,13H,2,5H2,1H3. The minimum atomic E-state index is 0.111. The van der Waals surface area contributed by atoms with E-state index in [9.17, 15) is 5.21 Å². The van der Waals surface area contributed by atoms with Gasteiger partial charge in [0, 0.05) is 12.6 Å². The van der Waals surface area contributed by atoms with E-state index < -0.39 is 0 Å². The fourth-order valence-electron chi connectivity index (χ4n) is 1.65. The van der Waals surface area contributed by atoms with Gasteiger partial charge in [0.25, 0.3) is 0 Å². The molecule has 1 unspecified atom stereocenters. The highest BCUT2D eigenvalue weighted by molar-refractivity contribution is 6.42. The molecule has 0 saturated heterocycles. The van der Waals surface area contributed by atoms with Crippen molar-refractivity contribution < 1.29 is 5.06 Å². The van der Waals surface area contributed by atoms with Crippen LogP contribution in [0, 0.1) is 5.21 Å². The normalized spacial score (nSPS) is 20.0. The molecule has 1 heterocycles. The van der Waals surface area contributed by atoms with Crippen molar-refractivity contribution in [3.05, 3.63) is 27.4 Å². The molecule has 1 atom stereocenters. The van der Waals surface area contributed by atoms with Gasteiger partial charge in [0.1, 0.15) is 5.69 Å². The second kappa shape index (κ2) is 3.59. The van der Waals surface area contributed by atoms with Crippen LogP contribution in [0.3, 0.4) is 0 Å². The predicted molar refractivity (Wildman–Crippen MR) is 58.3 cm³/mol. The third-order valence-corrected chi connectivity index (χ3v) is 3.12. The lowest BCUT2D eigenvalue weighted by molar-refractivity contribution is -0.768. The third-order valence-electron chi connectivity index (χ3n) is 2.40. The molecule has 1 aromatic carbocycles. The molecule has 0 amide bonds. The summed E-state index contributed by atoms with van der Waals surface area (Å²) in [6.07, 6.45) is 0. The molecule has 76 valence electrons. The number of hydrogen-bond donors (Lipinski definition) is 1. The molecular weight excluding hydrogens is 223 g/mol. The summed E-state index contributed by atoms with van der Waals surface area (Å²) >= 11 is 11.7. The second-order valence-corrected chi connectivity index (χ2v) is 4.04. The van der Waals surface area contributed by atoms with E-state index in [0.717, 1.165) is 12.2 Å². The summed E-state index contributed by atoms with van der Waals surface area (Å²) in [5.74, 6) is 0. The zero-order valence-electron chi connectivity index (χ0n) is 7.68. The average molecular weight is 233 g/mol. The number of rotatable bonds is 1. The molecule has 0 spiro atoms. The van der Waals surface area contributed by atoms with E-state index in [1.807, 2.05) is 11.8 Å². The highest BCUT2D eigenvalue weighted by atomic mass is 35.5. The maximum Gasteiger partial charge on any atom is 0.158 e. The van der Waals surface area contributed by atoms with Crippen molar-refractivity contribution in [2.24, 2.45) is 0 Å². The minimum Gasteiger partial charge on any atom is -0.627 e. The van der Waals surface area contributed by atoms with Crippen molar-refractivity contribution >= 4 is 34.6 Å². The van der Waals surface area contributed by atoms with Crippen LogP contribution in [0.1, 0.15) is 6.92 Å². The first-order chi connectivity index (χ1) is 6.63. The largest absolute Gasteiger partial charge is 0.627 e. The first kappa shape index (κ1) is 10.1. The molecule has 1 aliphatic rings. The zero-order chi connectivity index (χ0) is 10.3. The van der Waals surface area contributed by atoms with Gasteiger partial charge in [-0.3, -0.25) is 0 Å². The summed E-state index contributed by atoms with van der Waals surface area (Å²) in [6, 6.07) is 3.41. The smallest absolute Gasteiger partial charge is 0.158 e. The van der Waals surface area contributed by atoms with E-state index in [4.69, 9.17) is 23.2 Å². The Morgan fingerprint density at radius 1 is 1.43 bits per heavy atom. The summed E-state index contributed by atoms with van der Waals surface area (Å²) in [7, 11) is 0. The van der Waals surface area contributed by atoms with E-state index in [2.05, 4.69) is 0 Å². The summed E-state index contributed by atoms with van der Waals surface area (Å²) in [5, 5.41) is 12.6. The number of quaternary nitrogens is 1. The van der Waals surface area contributed by atoms with Crippen LogP contribution in [0.5, 0.6) is 0 Å². The molecule has 0 radical (unpaired) electrons. The van der Waals surface area contributed by atoms with Crippen LogP contribution in [0.15, 0.2) is 12.1 Å². The Kier molecular flexibility index (Phi) is 2.58. The van der Waals surface area contributed by atoms with E-state index in [1.165, 1.54) is 0 Å². The first-order valence-corrected chi connectivity index (χ1v) is 5.16. The molecule has 14 heavy (non-hydrogen) atoms. The molecule has 5 heteroatoms. The summed E-state index contributed by atoms with van der Waals surface area (Å²) in [5.41, 5.74) is 1.58. The predicted octanol–water partition coefficient (Wildman–Crippen LogP) is 1.81. The quantitative estimate of drug-likeness (QED) is 0.750. The van der Waals surface area contributed by atoms with Gasteiger partial charge >= 0.3 is 0 Å². The van der Waals surface area contributed by atoms with Crippen molar-refractivity contribution in [2.45, 2.75) is 6.92 Å². The van der Waals surface area contributed by atoms with Gasteiger partial charge < -0.3 is 15.2 Å². The van der Waals surface area contributed by atoms with E-state index in [1.54, 1.807) is 12.1 Å². The molecule has 0 saturated carbocycles. The molecule has 1 aliphatic heterocycles. The Hall–Kier alpha value is -0.480. The fraction of sp³-hybridized carbons (Fsp3) is 0.333. The average Bonchev–Trinajstić information content (AvgIpc) is 2.45. The summed E-state index contributed by atoms with van der Waals surface area (Å²) in [4.78, 5) is 1.99. The maximum atomic E-state index is 11.6. The number of hydrogen-bond acceptors (Lipinski definition) is 2. The van der Waals surface area contributed by atoms with Crippen LogP contribution in [-0.2, 0) is 0 Å². The Morgan fingerprint density at radius 2 is 2.07 bits per heavy atom. The van der Waals surface area contributed by atoms with Crippen LogP contribution in [0.2, 0.25) is 10.0 Å². The number of benzene rings is 1. The van der Waals surface area contributed by atoms with Gasteiger partial charge in [-0.15, -0.1) is 0 Å². The van der Waals surface area contributed by atoms with E-state index in [0.29, 0.717) is 22.4 Å². The lowest BCUT2D eigenvalue weighted by Gasteiger charge is -2.16. The Bertz CT molecular complexity index is 370. The molecule has 1 N–H and O–H groups in total. The number of hydroxylamine groups is 1. The highest BCUT2D eigenvalue weighted by Gasteiger charge is 2.26. The van der Waals surface area contributed by atoms with Gasteiger partial charge in [-0.05, 0) is 13.0 Å². The SMILES string of the molecule is CCN1C[NH+]([O-])c2cc(Cl)c(Cl)cc21. The van der Waals surface area contributed by atoms with Gasteiger partial charge in [0.05, 0.1) is 10.0 Å². The molecular formula is C9H10Cl2N2O.